The summed E-state index contributed by atoms with van der Waals surface area (Å²) in [6.45, 7) is 4.13. The van der Waals surface area contributed by atoms with E-state index in [4.69, 9.17) is 9.47 Å². The molecule has 0 bridgehead atoms. The Morgan fingerprint density at radius 1 is 0.960 bits per heavy atom. The third-order valence-electron chi connectivity index (χ3n) is 4.37. The second-order valence-corrected chi connectivity index (χ2v) is 6.43. The second-order valence-electron chi connectivity index (χ2n) is 6.43. The normalized spacial score (nSPS) is 11.8. The Morgan fingerprint density at radius 3 is 2.40 bits per heavy atom. The van der Waals surface area contributed by atoms with Crippen LogP contribution in [0.15, 0.2) is 48.5 Å². The van der Waals surface area contributed by atoms with Crippen molar-refractivity contribution in [3.63, 3.8) is 0 Å². The quantitative estimate of drug-likeness (QED) is 0.325. The number of benzene rings is 2. The monoisotopic (exact) mass is 340 g/mol. The van der Waals surface area contributed by atoms with Crippen molar-refractivity contribution in [2.45, 2.75) is 46.0 Å². The molecule has 0 aliphatic rings. The Labute approximate surface area is 151 Å². The molecule has 3 heteroatoms. The molecular formula is C22H28O3. The van der Waals surface area contributed by atoms with E-state index >= 15 is 0 Å². The zero-order valence-corrected chi connectivity index (χ0v) is 15.5. The summed E-state index contributed by atoms with van der Waals surface area (Å²) in [5, 5.41) is 0. The number of methoxy groups -OCH3 is 1. The van der Waals surface area contributed by atoms with E-state index < -0.39 is 0 Å². The van der Waals surface area contributed by atoms with Gasteiger partial charge in [0, 0.05) is 0 Å². The first kappa shape index (κ1) is 19.0. The maximum absolute atomic E-state index is 12.3. The molecule has 2 rings (SSSR count). The zero-order valence-electron chi connectivity index (χ0n) is 15.5. The first-order valence-electron chi connectivity index (χ1n) is 9.10. The molecule has 0 heterocycles. The van der Waals surface area contributed by atoms with E-state index in [2.05, 4.69) is 6.92 Å². The number of carbonyl (C=O) groups is 1. The SMILES string of the molecule is CCCCCC[C@H](C)C(=O)Oc1cccc(-c2ccc(OC)cc2)c1. The Hall–Kier alpha value is -2.29. The van der Waals surface area contributed by atoms with Crippen LogP contribution in [0, 0.1) is 5.92 Å². The van der Waals surface area contributed by atoms with Crippen LogP contribution >= 0.6 is 0 Å². The fourth-order valence-corrected chi connectivity index (χ4v) is 2.73. The van der Waals surface area contributed by atoms with Crippen molar-refractivity contribution in [2.24, 2.45) is 5.92 Å². The first-order chi connectivity index (χ1) is 12.1. The van der Waals surface area contributed by atoms with Crippen molar-refractivity contribution in [3.05, 3.63) is 48.5 Å². The molecule has 2 aromatic carbocycles. The Morgan fingerprint density at radius 2 is 1.72 bits per heavy atom. The minimum Gasteiger partial charge on any atom is -0.497 e. The molecule has 0 amide bonds. The van der Waals surface area contributed by atoms with E-state index in [1.807, 2.05) is 55.5 Å². The Balaban J connectivity index is 1.97. The van der Waals surface area contributed by atoms with Crippen molar-refractivity contribution in [3.8, 4) is 22.6 Å². The zero-order chi connectivity index (χ0) is 18.1. The van der Waals surface area contributed by atoms with Crippen molar-refractivity contribution in [2.75, 3.05) is 7.11 Å². The van der Waals surface area contributed by atoms with Gasteiger partial charge in [-0.25, -0.2) is 0 Å². The van der Waals surface area contributed by atoms with Crippen LogP contribution in [-0.4, -0.2) is 13.1 Å². The molecular weight excluding hydrogens is 312 g/mol. The minimum atomic E-state index is -0.150. The number of unbranched alkanes of at least 4 members (excludes halogenated alkanes) is 3. The molecule has 25 heavy (non-hydrogen) atoms. The predicted octanol–water partition coefficient (Wildman–Crippen LogP) is 5.87. The van der Waals surface area contributed by atoms with E-state index in [1.54, 1.807) is 7.11 Å². The Bertz CT molecular complexity index is 661. The molecule has 0 saturated heterocycles. The molecule has 0 N–H and O–H groups in total. The van der Waals surface area contributed by atoms with Crippen LogP contribution in [0.25, 0.3) is 11.1 Å². The number of hydrogen-bond donors (Lipinski definition) is 0. The Kier molecular flexibility index (Phi) is 7.52. The molecule has 0 saturated carbocycles. The lowest BCUT2D eigenvalue weighted by Crippen LogP contribution is -2.17. The van der Waals surface area contributed by atoms with Crippen LogP contribution in [0.4, 0.5) is 0 Å². The van der Waals surface area contributed by atoms with Gasteiger partial charge in [-0.05, 0) is 41.8 Å². The van der Waals surface area contributed by atoms with Gasteiger partial charge in [0.25, 0.3) is 0 Å². The summed E-state index contributed by atoms with van der Waals surface area (Å²) in [4.78, 5) is 12.3. The lowest BCUT2D eigenvalue weighted by atomic mass is 10.0. The number of carbonyl (C=O) groups excluding carboxylic acids is 1. The fourth-order valence-electron chi connectivity index (χ4n) is 2.73. The van der Waals surface area contributed by atoms with Gasteiger partial charge in [0.1, 0.15) is 11.5 Å². The number of esters is 1. The lowest BCUT2D eigenvalue weighted by Gasteiger charge is -2.12. The van der Waals surface area contributed by atoms with E-state index in [1.165, 1.54) is 19.3 Å². The molecule has 0 aliphatic carbocycles. The second kappa shape index (κ2) is 9.87. The van der Waals surface area contributed by atoms with Crippen LogP contribution in [0.1, 0.15) is 46.0 Å². The average Bonchev–Trinajstić information content (AvgIpc) is 2.65. The van der Waals surface area contributed by atoms with E-state index in [-0.39, 0.29) is 11.9 Å². The highest BCUT2D eigenvalue weighted by molar-refractivity contribution is 5.75. The molecule has 0 aromatic heterocycles. The largest absolute Gasteiger partial charge is 0.497 e. The number of rotatable bonds is 9. The molecule has 0 radical (unpaired) electrons. The standard InChI is InChI=1S/C22H28O3/c1-4-5-6-7-9-17(2)22(23)25-21-11-8-10-19(16-21)18-12-14-20(24-3)15-13-18/h8,10-17H,4-7,9H2,1-3H3/t17-/m0/s1. The topological polar surface area (TPSA) is 35.5 Å². The smallest absolute Gasteiger partial charge is 0.314 e. The fraction of sp³-hybridized carbons (Fsp3) is 0.409. The van der Waals surface area contributed by atoms with E-state index in [9.17, 15) is 4.79 Å². The summed E-state index contributed by atoms with van der Waals surface area (Å²) in [5.74, 6) is 1.20. The van der Waals surface area contributed by atoms with Crippen molar-refractivity contribution >= 4 is 5.97 Å². The molecule has 2 aromatic rings. The molecule has 0 spiro atoms. The molecule has 1 atom stereocenters. The van der Waals surface area contributed by atoms with Crippen LogP contribution in [0.3, 0.4) is 0 Å². The van der Waals surface area contributed by atoms with Crippen molar-refractivity contribution in [1.82, 2.24) is 0 Å². The molecule has 0 aliphatic heterocycles. The van der Waals surface area contributed by atoms with Gasteiger partial charge < -0.3 is 9.47 Å². The van der Waals surface area contributed by atoms with Crippen molar-refractivity contribution in [1.29, 1.82) is 0 Å². The van der Waals surface area contributed by atoms with E-state index in [0.717, 1.165) is 29.7 Å². The highest BCUT2D eigenvalue weighted by Gasteiger charge is 2.15. The van der Waals surface area contributed by atoms with Gasteiger partial charge in [0.2, 0.25) is 0 Å². The maximum Gasteiger partial charge on any atom is 0.314 e. The van der Waals surface area contributed by atoms with Gasteiger partial charge in [-0.1, -0.05) is 63.8 Å². The number of hydrogen-bond acceptors (Lipinski definition) is 3. The lowest BCUT2D eigenvalue weighted by molar-refractivity contribution is -0.138. The summed E-state index contributed by atoms with van der Waals surface area (Å²) in [7, 11) is 1.65. The molecule has 0 fully saturated rings. The van der Waals surface area contributed by atoms with Gasteiger partial charge >= 0.3 is 5.97 Å². The summed E-state index contributed by atoms with van der Waals surface area (Å²) < 4.78 is 10.8. The number of ether oxygens (including phenoxy) is 2. The van der Waals surface area contributed by atoms with Gasteiger partial charge in [-0.2, -0.15) is 0 Å². The highest BCUT2D eigenvalue weighted by Crippen LogP contribution is 2.26. The first-order valence-corrected chi connectivity index (χ1v) is 9.10. The summed E-state index contributed by atoms with van der Waals surface area (Å²) >= 11 is 0. The summed E-state index contributed by atoms with van der Waals surface area (Å²) in [5.41, 5.74) is 2.08. The summed E-state index contributed by atoms with van der Waals surface area (Å²) in [6, 6.07) is 15.5. The average molecular weight is 340 g/mol. The van der Waals surface area contributed by atoms with Crippen molar-refractivity contribution < 1.29 is 14.3 Å². The summed E-state index contributed by atoms with van der Waals surface area (Å²) in [6.07, 6.45) is 5.58. The third-order valence-corrected chi connectivity index (χ3v) is 4.37. The predicted molar refractivity (Wildman–Crippen MR) is 102 cm³/mol. The van der Waals surface area contributed by atoms with Gasteiger partial charge in [0.15, 0.2) is 0 Å². The van der Waals surface area contributed by atoms with Gasteiger partial charge in [-0.3, -0.25) is 4.79 Å². The van der Waals surface area contributed by atoms with E-state index in [0.29, 0.717) is 5.75 Å². The van der Waals surface area contributed by atoms with Gasteiger partial charge in [0.05, 0.1) is 13.0 Å². The molecule has 3 nitrogen and oxygen atoms in total. The van der Waals surface area contributed by atoms with Gasteiger partial charge in [-0.15, -0.1) is 0 Å². The maximum atomic E-state index is 12.3. The third kappa shape index (κ3) is 5.93. The van der Waals surface area contributed by atoms with Crippen LogP contribution in [0.5, 0.6) is 11.5 Å². The highest BCUT2D eigenvalue weighted by atomic mass is 16.5. The van der Waals surface area contributed by atoms with Crippen LogP contribution < -0.4 is 9.47 Å². The van der Waals surface area contributed by atoms with Crippen LogP contribution in [0.2, 0.25) is 0 Å². The minimum absolute atomic E-state index is 0.0681. The van der Waals surface area contributed by atoms with Crippen LogP contribution in [-0.2, 0) is 4.79 Å². The molecule has 134 valence electrons. The molecule has 0 unspecified atom stereocenters.